The van der Waals surface area contributed by atoms with E-state index in [-0.39, 0.29) is 11.9 Å². The van der Waals surface area contributed by atoms with E-state index >= 15 is 0 Å². The number of ether oxygens (including phenoxy) is 1. The number of amides is 1. The Balaban J connectivity index is 1.51. The number of carbonyl (C=O) groups excluding carboxylic acids is 2. The molecule has 2 atom stereocenters. The van der Waals surface area contributed by atoms with Crippen LogP contribution in [0.15, 0.2) is 48.0 Å². The van der Waals surface area contributed by atoms with E-state index in [1.54, 1.807) is 35.5 Å². The van der Waals surface area contributed by atoms with Crippen molar-refractivity contribution in [2.75, 3.05) is 4.90 Å². The van der Waals surface area contributed by atoms with Gasteiger partial charge in [0.15, 0.2) is 6.10 Å². The molecule has 5 nitrogen and oxygen atoms in total. The minimum absolute atomic E-state index is 0.0506. The van der Waals surface area contributed by atoms with E-state index in [0.717, 1.165) is 27.9 Å². The number of hydrogen-bond acceptors (Lipinski definition) is 5. The standard InChI is InChI=1S/C20H18N2O3S/c1-12-9-14-5-3-4-6-17(14)22(12)19(23)13(2)25-20(24)15-7-8-16-18(10-15)26-11-21-16/h3-8,10-13H,9H2,1-2H3/t12-,13+/m1/s1. The van der Waals surface area contributed by atoms with Crippen LogP contribution >= 0.6 is 11.3 Å². The quantitative estimate of drug-likeness (QED) is 0.661. The molecule has 3 aromatic rings. The Kier molecular flexibility index (Phi) is 4.20. The van der Waals surface area contributed by atoms with Gasteiger partial charge in [-0.25, -0.2) is 9.78 Å². The third kappa shape index (κ3) is 2.86. The van der Waals surface area contributed by atoms with E-state index in [1.165, 1.54) is 11.3 Å². The molecular formula is C20H18N2O3S. The molecule has 132 valence electrons. The minimum Gasteiger partial charge on any atom is -0.449 e. The molecule has 0 saturated heterocycles. The number of aromatic nitrogens is 1. The molecule has 0 fully saturated rings. The van der Waals surface area contributed by atoms with Gasteiger partial charge in [0.1, 0.15) is 0 Å². The summed E-state index contributed by atoms with van der Waals surface area (Å²) in [5.74, 6) is -0.698. The molecule has 0 saturated carbocycles. The van der Waals surface area contributed by atoms with Crippen molar-refractivity contribution in [3.8, 4) is 0 Å². The lowest BCUT2D eigenvalue weighted by Gasteiger charge is -2.25. The van der Waals surface area contributed by atoms with Crippen LogP contribution in [0.1, 0.15) is 29.8 Å². The summed E-state index contributed by atoms with van der Waals surface area (Å²) in [5.41, 5.74) is 5.05. The highest BCUT2D eigenvalue weighted by atomic mass is 32.1. The summed E-state index contributed by atoms with van der Waals surface area (Å²) in [7, 11) is 0. The Hall–Kier alpha value is -2.73. The molecule has 1 aliphatic rings. The number of hydrogen-bond donors (Lipinski definition) is 0. The van der Waals surface area contributed by atoms with Crippen LogP contribution in [-0.4, -0.2) is 29.0 Å². The van der Waals surface area contributed by atoms with Gasteiger partial charge in [-0.3, -0.25) is 4.79 Å². The summed E-state index contributed by atoms with van der Waals surface area (Å²) in [6, 6.07) is 13.1. The highest BCUT2D eigenvalue weighted by molar-refractivity contribution is 7.16. The topological polar surface area (TPSA) is 59.5 Å². The molecule has 0 N–H and O–H groups in total. The van der Waals surface area contributed by atoms with Crippen LogP contribution in [0.3, 0.4) is 0 Å². The fourth-order valence-corrected chi connectivity index (χ4v) is 4.07. The van der Waals surface area contributed by atoms with Gasteiger partial charge in [0, 0.05) is 11.7 Å². The fourth-order valence-electron chi connectivity index (χ4n) is 3.36. The predicted octanol–water partition coefficient (Wildman–Crippen LogP) is 3.82. The molecule has 1 aromatic heterocycles. The zero-order chi connectivity index (χ0) is 18.3. The molecule has 0 radical (unpaired) electrons. The SMILES string of the molecule is C[C@H](OC(=O)c1ccc2ncsc2c1)C(=O)N1c2ccccc2C[C@H]1C. The Morgan fingerprint density at radius 3 is 2.92 bits per heavy atom. The number of anilines is 1. The van der Waals surface area contributed by atoms with Crippen molar-refractivity contribution in [3.63, 3.8) is 0 Å². The largest absolute Gasteiger partial charge is 0.449 e. The maximum Gasteiger partial charge on any atom is 0.338 e. The van der Waals surface area contributed by atoms with Crippen LogP contribution in [-0.2, 0) is 16.0 Å². The first kappa shape index (κ1) is 16.7. The number of esters is 1. The zero-order valence-electron chi connectivity index (χ0n) is 14.5. The fraction of sp³-hybridized carbons (Fsp3) is 0.250. The van der Waals surface area contributed by atoms with Gasteiger partial charge in [-0.2, -0.15) is 0 Å². The van der Waals surface area contributed by atoms with Crippen molar-refractivity contribution >= 4 is 39.1 Å². The molecule has 0 aliphatic carbocycles. The maximum atomic E-state index is 12.9. The van der Waals surface area contributed by atoms with Crippen LogP contribution in [0.25, 0.3) is 10.2 Å². The molecular weight excluding hydrogens is 348 g/mol. The van der Waals surface area contributed by atoms with Gasteiger partial charge in [-0.1, -0.05) is 18.2 Å². The molecule has 26 heavy (non-hydrogen) atoms. The molecule has 0 unspecified atom stereocenters. The smallest absolute Gasteiger partial charge is 0.338 e. The second-order valence-corrected chi connectivity index (χ2v) is 7.36. The van der Waals surface area contributed by atoms with Gasteiger partial charge >= 0.3 is 5.97 Å². The molecule has 6 heteroatoms. The third-order valence-electron chi connectivity index (χ3n) is 4.64. The number of fused-ring (bicyclic) bond motifs is 2. The summed E-state index contributed by atoms with van der Waals surface area (Å²) in [6.45, 7) is 3.63. The first-order valence-corrected chi connectivity index (χ1v) is 9.38. The van der Waals surface area contributed by atoms with Gasteiger partial charge in [0.05, 0.1) is 21.3 Å². The average Bonchev–Trinajstić information content (AvgIpc) is 3.23. The van der Waals surface area contributed by atoms with Gasteiger partial charge < -0.3 is 9.64 Å². The van der Waals surface area contributed by atoms with Crippen LogP contribution in [0, 0.1) is 0 Å². The van der Waals surface area contributed by atoms with Crippen LogP contribution in [0.2, 0.25) is 0 Å². The monoisotopic (exact) mass is 366 g/mol. The van der Waals surface area contributed by atoms with Crippen molar-refractivity contribution in [2.24, 2.45) is 0 Å². The molecule has 4 rings (SSSR count). The molecule has 0 spiro atoms. The number of nitrogens with zero attached hydrogens (tertiary/aromatic N) is 2. The second kappa shape index (κ2) is 6.53. The van der Waals surface area contributed by atoms with Crippen molar-refractivity contribution < 1.29 is 14.3 Å². The molecule has 2 aromatic carbocycles. The first-order valence-electron chi connectivity index (χ1n) is 8.50. The van der Waals surface area contributed by atoms with Crippen LogP contribution in [0.4, 0.5) is 5.69 Å². The zero-order valence-corrected chi connectivity index (χ0v) is 15.3. The van der Waals surface area contributed by atoms with Gasteiger partial charge in [-0.05, 0) is 50.1 Å². The third-order valence-corrected chi connectivity index (χ3v) is 5.43. The van der Waals surface area contributed by atoms with E-state index in [9.17, 15) is 9.59 Å². The molecule has 1 aliphatic heterocycles. The Labute approximate surface area is 155 Å². The number of thiazole rings is 1. The van der Waals surface area contributed by atoms with Crippen LogP contribution < -0.4 is 4.90 Å². The summed E-state index contributed by atoms with van der Waals surface area (Å²) in [4.78, 5) is 31.3. The Morgan fingerprint density at radius 2 is 2.08 bits per heavy atom. The molecule has 2 heterocycles. The van der Waals surface area contributed by atoms with Gasteiger partial charge in [0.25, 0.3) is 5.91 Å². The highest BCUT2D eigenvalue weighted by Crippen LogP contribution is 2.32. The van der Waals surface area contributed by atoms with E-state index in [0.29, 0.717) is 5.56 Å². The molecule has 0 bridgehead atoms. The van der Waals surface area contributed by atoms with E-state index < -0.39 is 12.1 Å². The van der Waals surface area contributed by atoms with Gasteiger partial charge in [-0.15, -0.1) is 11.3 Å². The molecule has 1 amide bonds. The lowest BCUT2D eigenvalue weighted by Crippen LogP contribution is -2.43. The van der Waals surface area contributed by atoms with Crippen molar-refractivity contribution in [2.45, 2.75) is 32.4 Å². The second-order valence-electron chi connectivity index (χ2n) is 6.47. The Morgan fingerprint density at radius 1 is 1.27 bits per heavy atom. The summed E-state index contributed by atoms with van der Waals surface area (Å²) < 4.78 is 6.37. The van der Waals surface area contributed by atoms with Crippen molar-refractivity contribution in [1.82, 2.24) is 4.98 Å². The summed E-state index contributed by atoms with van der Waals surface area (Å²) >= 11 is 1.46. The summed E-state index contributed by atoms with van der Waals surface area (Å²) in [5, 5.41) is 0. The maximum absolute atomic E-state index is 12.9. The average molecular weight is 366 g/mol. The number of carbonyl (C=O) groups is 2. The van der Waals surface area contributed by atoms with Crippen molar-refractivity contribution in [1.29, 1.82) is 0 Å². The first-order chi connectivity index (χ1) is 12.5. The Bertz CT molecular complexity index is 997. The predicted molar refractivity (Wildman–Crippen MR) is 102 cm³/mol. The van der Waals surface area contributed by atoms with Crippen molar-refractivity contribution in [3.05, 3.63) is 59.1 Å². The number of para-hydroxylation sites is 1. The van der Waals surface area contributed by atoms with E-state index in [2.05, 4.69) is 4.98 Å². The van der Waals surface area contributed by atoms with E-state index in [1.807, 2.05) is 31.2 Å². The highest BCUT2D eigenvalue weighted by Gasteiger charge is 2.34. The minimum atomic E-state index is -0.853. The van der Waals surface area contributed by atoms with Gasteiger partial charge in [0.2, 0.25) is 0 Å². The van der Waals surface area contributed by atoms with E-state index in [4.69, 9.17) is 4.74 Å². The normalized spacial score (nSPS) is 17.2. The number of rotatable bonds is 3. The lowest BCUT2D eigenvalue weighted by atomic mass is 10.1. The lowest BCUT2D eigenvalue weighted by molar-refractivity contribution is -0.126. The summed E-state index contributed by atoms with van der Waals surface area (Å²) in [6.07, 6.45) is -0.0433. The number of benzene rings is 2. The van der Waals surface area contributed by atoms with Crippen LogP contribution in [0.5, 0.6) is 0 Å².